The number of halogens is 6. The Bertz CT molecular complexity index is 1510. The molecule has 0 heterocycles. The predicted octanol–water partition coefficient (Wildman–Crippen LogP) is 10.2. The molecule has 0 spiro atoms. The van der Waals surface area contributed by atoms with Crippen LogP contribution in [-0.4, -0.2) is 11.7 Å². The van der Waals surface area contributed by atoms with Gasteiger partial charge in [-0.3, -0.25) is 0 Å². The number of allylic oxidation sites excluding steroid dienone is 2. The molecule has 230 valence electrons. The molecule has 0 aliphatic heterocycles. The lowest BCUT2D eigenvalue weighted by Gasteiger charge is -2.36. The van der Waals surface area contributed by atoms with E-state index in [1.54, 1.807) is 19.9 Å². The topological polar surface area (TPSA) is 29.5 Å². The highest BCUT2D eigenvalue weighted by Crippen LogP contribution is 2.45. The summed E-state index contributed by atoms with van der Waals surface area (Å²) >= 11 is 0. The van der Waals surface area contributed by atoms with Crippen LogP contribution in [0.5, 0.6) is 5.75 Å². The summed E-state index contributed by atoms with van der Waals surface area (Å²) in [5, 5.41) is 9.90. The Hall–Kier alpha value is -3.26. The molecule has 8 heteroatoms. The van der Waals surface area contributed by atoms with Crippen LogP contribution in [0.15, 0.2) is 42.5 Å². The van der Waals surface area contributed by atoms with E-state index in [1.165, 1.54) is 24.3 Å². The molecule has 2 aliphatic carbocycles. The second-order valence-corrected chi connectivity index (χ2v) is 11.6. The van der Waals surface area contributed by atoms with Gasteiger partial charge >= 0.3 is 0 Å². The number of aliphatic hydroxyl groups is 1. The number of hydrogen-bond donors (Lipinski definition) is 1. The molecule has 0 amide bonds. The Morgan fingerprint density at radius 2 is 1.33 bits per heavy atom. The summed E-state index contributed by atoms with van der Waals surface area (Å²) in [4.78, 5) is 0. The molecule has 1 N–H and O–H groups in total. The zero-order valence-electron chi connectivity index (χ0n) is 24.3. The first kappa shape index (κ1) is 31.2. The molecular weight excluding hydrogens is 566 g/mol. The monoisotopic (exact) mass is 602 g/mol. The van der Waals surface area contributed by atoms with Crippen LogP contribution in [0.25, 0.3) is 16.7 Å². The zero-order valence-corrected chi connectivity index (χ0v) is 24.3. The maximum atomic E-state index is 15.3. The lowest BCUT2D eigenvalue weighted by atomic mass is 9.70. The zero-order chi connectivity index (χ0) is 30.8. The van der Waals surface area contributed by atoms with E-state index in [1.807, 2.05) is 6.08 Å². The summed E-state index contributed by atoms with van der Waals surface area (Å²) in [5.74, 6) is -6.11. The van der Waals surface area contributed by atoms with Gasteiger partial charge < -0.3 is 9.84 Å². The lowest BCUT2D eigenvalue weighted by Crippen LogP contribution is -2.23. The average molecular weight is 603 g/mol. The highest BCUT2D eigenvalue weighted by atomic mass is 19.2. The van der Waals surface area contributed by atoms with E-state index in [9.17, 15) is 22.7 Å². The van der Waals surface area contributed by atoms with Gasteiger partial charge in [-0.15, -0.1) is 0 Å². The Kier molecular flexibility index (Phi) is 9.54. The maximum Gasteiger partial charge on any atom is 0.200 e. The van der Waals surface area contributed by atoms with Crippen molar-refractivity contribution in [2.45, 2.75) is 77.2 Å². The van der Waals surface area contributed by atoms with Crippen molar-refractivity contribution in [3.05, 3.63) is 94.1 Å². The summed E-state index contributed by atoms with van der Waals surface area (Å²) in [6.07, 6.45) is 6.19. The van der Waals surface area contributed by atoms with Crippen LogP contribution in [0.3, 0.4) is 0 Å². The number of hydrogen-bond acceptors (Lipinski definition) is 2. The van der Waals surface area contributed by atoms with Crippen molar-refractivity contribution in [3.63, 3.8) is 0 Å². The van der Waals surface area contributed by atoms with E-state index >= 15 is 8.78 Å². The highest BCUT2D eigenvalue weighted by Gasteiger charge is 2.32. The highest BCUT2D eigenvalue weighted by molar-refractivity contribution is 5.72. The van der Waals surface area contributed by atoms with Gasteiger partial charge in [0.1, 0.15) is 0 Å². The van der Waals surface area contributed by atoms with Crippen molar-refractivity contribution in [1.29, 1.82) is 0 Å². The van der Waals surface area contributed by atoms with Crippen LogP contribution in [0.2, 0.25) is 0 Å². The molecule has 5 rings (SSSR count). The molecular formula is C35H36F6O2. The fourth-order valence-corrected chi connectivity index (χ4v) is 6.81. The first-order chi connectivity index (χ1) is 20.7. The number of ether oxygens (including phenoxy) is 1. The van der Waals surface area contributed by atoms with E-state index in [0.29, 0.717) is 35.8 Å². The van der Waals surface area contributed by atoms with Gasteiger partial charge in [0.15, 0.2) is 34.8 Å². The lowest BCUT2D eigenvalue weighted by molar-refractivity contribution is 0.167. The number of rotatable bonds is 8. The molecule has 43 heavy (non-hydrogen) atoms. The smallest absolute Gasteiger partial charge is 0.200 e. The third-order valence-corrected chi connectivity index (χ3v) is 9.28. The van der Waals surface area contributed by atoms with Gasteiger partial charge in [0, 0.05) is 22.3 Å². The predicted molar refractivity (Wildman–Crippen MR) is 155 cm³/mol. The third-order valence-electron chi connectivity index (χ3n) is 9.28. The van der Waals surface area contributed by atoms with Crippen LogP contribution in [-0.2, 0) is 0 Å². The van der Waals surface area contributed by atoms with Crippen LogP contribution in [0.4, 0.5) is 26.3 Å². The average Bonchev–Trinajstić information content (AvgIpc) is 3.02. The first-order valence-electron chi connectivity index (χ1n) is 15.1. The van der Waals surface area contributed by atoms with Crippen LogP contribution in [0.1, 0.15) is 93.9 Å². The molecule has 3 aromatic carbocycles. The summed E-state index contributed by atoms with van der Waals surface area (Å²) in [7, 11) is 0. The second-order valence-electron chi connectivity index (χ2n) is 11.6. The standard InChI is InChI=1S/C35H36F6O2/c1-3-28(42)27-16-15-26(33(39)34(27)40)25-14-13-23(30(36)32(25)38)21-9-5-19(6-10-21)20-7-11-22(12-8-20)24-17-18-29(43-4-2)35(41)31(24)37/h9,13-20,22,28,42H,3-8,10-12H2,1-2H3. The van der Waals surface area contributed by atoms with Crippen molar-refractivity contribution in [1.82, 2.24) is 0 Å². The fourth-order valence-electron chi connectivity index (χ4n) is 6.81. The second kappa shape index (κ2) is 13.2. The third kappa shape index (κ3) is 6.08. The molecule has 2 atom stereocenters. The molecule has 0 aromatic heterocycles. The van der Waals surface area contributed by atoms with E-state index in [-0.39, 0.29) is 41.4 Å². The van der Waals surface area contributed by atoms with Gasteiger partial charge in [-0.25, -0.2) is 22.0 Å². The van der Waals surface area contributed by atoms with Gasteiger partial charge in [0.25, 0.3) is 0 Å². The van der Waals surface area contributed by atoms with Crippen molar-refractivity contribution in [2.75, 3.05) is 6.61 Å². The molecule has 0 saturated heterocycles. The molecule has 2 nitrogen and oxygen atoms in total. The van der Waals surface area contributed by atoms with Crippen molar-refractivity contribution in [3.8, 4) is 16.9 Å². The first-order valence-corrected chi connectivity index (χ1v) is 15.1. The number of aliphatic hydroxyl groups excluding tert-OH is 1. The molecule has 0 bridgehead atoms. The van der Waals surface area contributed by atoms with Gasteiger partial charge in [0.2, 0.25) is 5.82 Å². The Morgan fingerprint density at radius 3 is 1.95 bits per heavy atom. The normalized spacial score (nSPS) is 21.4. The van der Waals surface area contributed by atoms with Gasteiger partial charge in [-0.1, -0.05) is 43.3 Å². The van der Waals surface area contributed by atoms with Crippen molar-refractivity contribution >= 4 is 5.57 Å². The summed E-state index contributed by atoms with van der Waals surface area (Å²) in [6, 6.07) is 8.14. The van der Waals surface area contributed by atoms with E-state index < -0.39 is 46.6 Å². The van der Waals surface area contributed by atoms with E-state index in [4.69, 9.17) is 4.74 Å². The minimum atomic E-state index is -1.33. The van der Waals surface area contributed by atoms with Gasteiger partial charge in [0.05, 0.1) is 12.7 Å². The minimum Gasteiger partial charge on any atom is -0.491 e. The van der Waals surface area contributed by atoms with Gasteiger partial charge in [-0.05, 0) is 93.2 Å². The summed E-state index contributed by atoms with van der Waals surface area (Å²) in [6.45, 7) is 3.59. The quantitative estimate of drug-likeness (QED) is 0.260. The van der Waals surface area contributed by atoms with E-state index in [0.717, 1.165) is 38.2 Å². The largest absolute Gasteiger partial charge is 0.491 e. The van der Waals surface area contributed by atoms with Crippen LogP contribution < -0.4 is 4.74 Å². The molecule has 2 unspecified atom stereocenters. The summed E-state index contributed by atoms with van der Waals surface area (Å²) < 4.78 is 94.1. The van der Waals surface area contributed by atoms with Crippen molar-refractivity contribution < 1.29 is 36.2 Å². The number of benzene rings is 3. The summed E-state index contributed by atoms with van der Waals surface area (Å²) in [5.41, 5.74) is 0.152. The van der Waals surface area contributed by atoms with Crippen LogP contribution in [0, 0.1) is 46.7 Å². The maximum absolute atomic E-state index is 15.3. The Morgan fingerprint density at radius 1 is 0.698 bits per heavy atom. The SMILES string of the molecule is CCOc1ccc(C2CCC(C3CC=C(c4ccc(-c5ccc(C(O)CC)c(F)c5F)c(F)c4F)CC3)CC2)c(F)c1F. The van der Waals surface area contributed by atoms with Gasteiger partial charge in [-0.2, -0.15) is 4.39 Å². The minimum absolute atomic E-state index is 0.0575. The molecule has 3 aromatic rings. The Balaban J connectivity index is 1.25. The van der Waals surface area contributed by atoms with Crippen molar-refractivity contribution in [2.24, 2.45) is 11.8 Å². The van der Waals surface area contributed by atoms with E-state index in [2.05, 4.69) is 0 Å². The molecule has 1 saturated carbocycles. The van der Waals surface area contributed by atoms with Crippen LogP contribution >= 0.6 is 0 Å². The molecule has 1 fully saturated rings. The fraction of sp³-hybridized carbons (Fsp3) is 0.429. The molecule has 2 aliphatic rings. The molecule has 0 radical (unpaired) electrons. The Labute approximate surface area is 248 Å².